The smallest absolute Gasteiger partial charge is 0.329 e. The summed E-state index contributed by atoms with van der Waals surface area (Å²) in [6, 6.07) is 9.72. The number of ether oxygens (including phenoxy) is 1. The van der Waals surface area contributed by atoms with Crippen LogP contribution in [-0.4, -0.2) is 41.5 Å². The Kier molecular flexibility index (Phi) is 6.40. The van der Waals surface area contributed by atoms with Gasteiger partial charge in [0, 0.05) is 11.3 Å². The third-order valence-corrected chi connectivity index (χ3v) is 4.64. The summed E-state index contributed by atoms with van der Waals surface area (Å²) in [6.45, 7) is 5.13. The van der Waals surface area contributed by atoms with Crippen molar-refractivity contribution >= 4 is 29.6 Å². The molecule has 2 aromatic carbocycles. The average Bonchev–Trinajstić information content (AvgIpc) is 2.97. The number of aromatic hydroxyl groups is 1. The van der Waals surface area contributed by atoms with E-state index in [-0.39, 0.29) is 17.2 Å². The van der Waals surface area contributed by atoms with Gasteiger partial charge >= 0.3 is 6.03 Å². The summed E-state index contributed by atoms with van der Waals surface area (Å²) < 4.78 is 5.17. The van der Waals surface area contributed by atoms with Gasteiger partial charge in [0.05, 0.1) is 7.11 Å². The lowest BCUT2D eigenvalue weighted by molar-refractivity contribution is -0.127. The molecule has 8 heteroatoms. The van der Waals surface area contributed by atoms with Gasteiger partial charge in [0.1, 0.15) is 12.2 Å². The van der Waals surface area contributed by atoms with E-state index in [1.807, 2.05) is 13.0 Å². The predicted molar refractivity (Wildman–Crippen MR) is 117 cm³/mol. The molecule has 0 aromatic heterocycles. The molecule has 160 valence electrons. The number of nitrogens with one attached hydrogen (secondary N) is 2. The molecule has 1 saturated heterocycles. The largest absolute Gasteiger partial charge is 0.504 e. The van der Waals surface area contributed by atoms with Crippen LogP contribution < -0.4 is 15.4 Å². The van der Waals surface area contributed by atoms with Crippen LogP contribution in [-0.2, 0) is 16.0 Å². The highest BCUT2D eigenvalue weighted by atomic mass is 16.5. The molecule has 3 rings (SSSR count). The van der Waals surface area contributed by atoms with E-state index < -0.39 is 24.4 Å². The summed E-state index contributed by atoms with van der Waals surface area (Å²) in [5.74, 6) is -0.894. The number of benzene rings is 2. The summed E-state index contributed by atoms with van der Waals surface area (Å²) in [7, 11) is 1.42. The molecule has 31 heavy (non-hydrogen) atoms. The number of hydrogen-bond acceptors (Lipinski definition) is 5. The Morgan fingerprint density at radius 2 is 2.06 bits per heavy atom. The Morgan fingerprint density at radius 3 is 2.74 bits per heavy atom. The number of phenolic OH excluding ortho intramolecular Hbond substituents is 1. The summed E-state index contributed by atoms with van der Waals surface area (Å²) in [6.07, 6.45) is 3.49. The van der Waals surface area contributed by atoms with Crippen molar-refractivity contribution in [2.24, 2.45) is 0 Å². The number of carbonyl (C=O) groups excluding carboxylic acids is 3. The van der Waals surface area contributed by atoms with Crippen molar-refractivity contribution < 1.29 is 24.2 Å². The predicted octanol–water partition coefficient (Wildman–Crippen LogP) is 2.97. The van der Waals surface area contributed by atoms with Crippen LogP contribution >= 0.6 is 0 Å². The van der Waals surface area contributed by atoms with Crippen molar-refractivity contribution in [2.45, 2.75) is 13.3 Å². The van der Waals surface area contributed by atoms with Crippen LogP contribution in [0.15, 0.2) is 54.8 Å². The van der Waals surface area contributed by atoms with Crippen molar-refractivity contribution in [1.82, 2.24) is 10.2 Å². The van der Waals surface area contributed by atoms with E-state index in [1.54, 1.807) is 36.4 Å². The number of nitrogens with zero attached hydrogens (tertiary/aromatic N) is 1. The third-order valence-electron chi connectivity index (χ3n) is 4.64. The molecular weight excluding hydrogens is 398 g/mol. The summed E-state index contributed by atoms with van der Waals surface area (Å²) in [5, 5.41) is 15.3. The zero-order valence-corrected chi connectivity index (χ0v) is 17.3. The Hall–Kier alpha value is -4.07. The number of methoxy groups -OCH3 is 1. The van der Waals surface area contributed by atoms with E-state index in [0.29, 0.717) is 23.2 Å². The van der Waals surface area contributed by atoms with Gasteiger partial charge in [0.15, 0.2) is 11.5 Å². The number of allylic oxidation sites excluding steroid dienone is 1. The lowest BCUT2D eigenvalue weighted by atomic mass is 10.0. The molecule has 0 bridgehead atoms. The molecular formula is C23H23N3O5. The molecule has 3 N–H and O–H groups in total. The van der Waals surface area contributed by atoms with E-state index >= 15 is 0 Å². The standard InChI is InChI=1S/C23H23N3O5/c1-4-6-16-10-15(12-19(31-3)21(16)28)11-18-22(29)26(23(30)25-18)13-20(27)24-17-8-5-7-14(2)9-17/h4-5,7-12,28H,1,6,13H2,2-3H3,(H,24,27)(H,25,30)/b18-11-. The van der Waals surface area contributed by atoms with Crippen molar-refractivity contribution in [3.8, 4) is 11.5 Å². The number of carbonyl (C=O) groups is 3. The molecule has 1 heterocycles. The molecule has 2 aromatic rings. The summed E-state index contributed by atoms with van der Waals surface area (Å²) in [4.78, 5) is 38.1. The van der Waals surface area contributed by atoms with Gasteiger partial charge in [-0.25, -0.2) is 9.69 Å². The molecule has 0 atom stereocenters. The highest BCUT2D eigenvalue weighted by molar-refractivity contribution is 6.16. The molecule has 0 saturated carbocycles. The lowest BCUT2D eigenvalue weighted by Crippen LogP contribution is -2.38. The van der Waals surface area contributed by atoms with Crippen LogP contribution in [0.5, 0.6) is 11.5 Å². The Balaban J connectivity index is 1.78. The zero-order chi connectivity index (χ0) is 22.5. The van der Waals surface area contributed by atoms with Gasteiger partial charge in [-0.2, -0.15) is 0 Å². The van der Waals surface area contributed by atoms with Gasteiger partial charge in [-0.1, -0.05) is 18.2 Å². The maximum Gasteiger partial charge on any atom is 0.329 e. The van der Waals surface area contributed by atoms with Crippen molar-refractivity contribution in [2.75, 3.05) is 19.0 Å². The van der Waals surface area contributed by atoms with Gasteiger partial charge < -0.3 is 20.5 Å². The fourth-order valence-corrected chi connectivity index (χ4v) is 3.19. The normalized spacial score (nSPS) is 14.5. The maximum atomic E-state index is 12.7. The first-order valence-corrected chi connectivity index (χ1v) is 9.54. The molecule has 1 aliphatic heterocycles. The molecule has 1 fully saturated rings. The second kappa shape index (κ2) is 9.17. The lowest BCUT2D eigenvalue weighted by Gasteiger charge is -2.12. The highest BCUT2D eigenvalue weighted by Crippen LogP contribution is 2.33. The molecule has 1 aliphatic rings. The second-order valence-electron chi connectivity index (χ2n) is 7.02. The van der Waals surface area contributed by atoms with Gasteiger partial charge in [-0.15, -0.1) is 6.58 Å². The zero-order valence-electron chi connectivity index (χ0n) is 17.3. The molecule has 0 radical (unpaired) electrons. The van der Waals surface area contributed by atoms with Crippen molar-refractivity contribution in [3.05, 3.63) is 71.4 Å². The van der Waals surface area contributed by atoms with Crippen LogP contribution in [0.25, 0.3) is 6.08 Å². The number of hydrogen-bond donors (Lipinski definition) is 3. The molecule has 4 amide bonds. The third kappa shape index (κ3) is 4.92. The van der Waals surface area contributed by atoms with Gasteiger partial charge in [-0.3, -0.25) is 9.59 Å². The topological polar surface area (TPSA) is 108 Å². The SMILES string of the molecule is C=CCc1cc(/C=C2\NC(=O)N(CC(=O)Nc3cccc(C)c3)C2=O)cc(OC)c1O. The molecule has 8 nitrogen and oxygen atoms in total. The minimum Gasteiger partial charge on any atom is -0.504 e. The quantitative estimate of drug-likeness (QED) is 0.362. The summed E-state index contributed by atoms with van der Waals surface area (Å²) >= 11 is 0. The van der Waals surface area contributed by atoms with Crippen molar-refractivity contribution in [1.29, 1.82) is 0 Å². The number of amides is 4. The minimum absolute atomic E-state index is 0.0132. The molecule has 0 aliphatic carbocycles. The maximum absolute atomic E-state index is 12.7. The van der Waals surface area contributed by atoms with E-state index in [1.165, 1.54) is 13.2 Å². The Labute approximate surface area is 179 Å². The second-order valence-corrected chi connectivity index (χ2v) is 7.02. The first-order valence-electron chi connectivity index (χ1n) is 9.54. The van der Waals surface area contributed by atoms with Gasteiger partial charge in [-0.05, 0) is 54.8 Å². The highest BCUT2D eigenvalue weighted by Gasteiger charge is 2.35. The molecule has 0 unspecified atom stereocenters. The number of rotatable bonds is 7. The number of phenols is 1. The number of aryl methyl sites for hydroxylation is 1. The number of imide groups is 1. The minimum atomic E-state index is -0.687. The number of urea groups is 1. The van der Waals surface area contributed by atoms with E-state index in [4.69, 9.17) is 4.74 Å². The van der Waals surface area contributed by atoms with Gasteiger partial charge in [0.25, 0.3) is 5.91 Å². The number of anilines is 1. The van der Waals surface area contributed by atoms with Crippen LogP contribution in [0.3, 0.4) is 0 Å². The monoisotopic (exact) mass is 421 g/mol. The summed E-state index contributed by atoms with van der Waals surface area (Å²) in [5.41, 5.74) is 2.68. The molecule has 0 spiro atoms. The van der Waals surface area contributed by atoms with Crippen LogP contribution in [0, 0.1) is 6.92 Å². The van der Waals surface area contributed by atoms with Crippen molar-refractivity contribution in [3.63, 3.8) is 0 Å². The van der Waals surface area contributed by atoms with Crippen LogP contribution in [0.4, 0.5) is 10.5 Å². The Bertz CT molecular complexity index is 1090. The van der Waals surface area contributed by atoms with E-state index in [0.717, 1.165) is 10.5 Å². The fraction of sp³-hybridized carbons (Fsp3) is 0.174. The van der Waals surface area contributed by atoms with Crippen LogP contribution in [0.2, 0.25) is 0 Å². The van der Waals surface area contributed by atoms with Crippen LogP contribution in [0.1, 0.15) is 16.7 Å². The van der Waals surface area contributed by atoms with E-state index in [9.17, 15) is 19.5 Å². The van der Waals surface area contributed by atoms with Gasteiger partial charge in [0.2, 0.25) is 5.91 Å². The first kappa shape index (κ1) is 21.6. The first-order chi connectivity index (χ1) is 14.8. The Morgan fingerprint density at radius 1 is 1.29 bits per heavy atom. The van der Waals surface area contributed by atoms with E-state index in [2.05, 4.69) is 17.2 Å². The fourth-order valence-electron chi connectivity index (χ4n) is 3.19. The average molecular weight is 421 g/mol.